The molecule has 6 nitrogen and oxygen atoms in total. The summed E-state index contributed by atoms with van der Waals surface area (Å²) in [6.07, 6.45) is 0.139. The van der Waals surface area contributed by atoms with E-state index >= 15 is 0 Å². The molecule has 1 atom stereocenters. The molecular weight excluding hydrogens is 446 g/mol. The van der Waals surface area contributed by atoms with E-state index < -0.39 is 26.1 Å². The van der Waals surface area contributed by atoms with Crippen LogP contribution < -0.4 is 15.7 Å². The van der Waals surface area contributed by atoms with Gasteiger partial charge in [-0.05, 0) is 42.6 Å². The van der Waals surface area contributed by atoms with Crippen molar-refractivity contribution >= 4 is 24.8 Å². The number of aliphatic hydroxyl groups is 1. The summed E-state index contributed by atoms with van der Waals surface area (Å²) < 4.78 is 17.8. The van der Waals surface area contributed by atoms with Crippen molar-refractivity contribution < 1.29 is 23.8 Å². The molecule has 2 rings (SSSR count). The fourth-order valence-electron chi connectivity index (χ4n) is 3.99. The summed E-state index contributed by atoms with van der Waals surface area (Å²) in [6, 6.07) is 20.5. The van der Waals surface area contributed by atoms with Crippen LogP contribution >= 0.6 is 0 Å². The zero-order valence-electron chi connectivity index (χ0n) is 21.5. The Morgan fingerprint density at radius 3 is 1.88 bits per heavy atom. The fourth-order valence-corrected chi connectivity index (χ4v) is 8.59. The first-order valence-corrected chi connectivity index (χ1v) is 13.8. The number of benzene rings is 2. The van der Waals surface area contributed by atoms with Gasteiger partial charge in [0.1, 0.15) is 5.60 Å². The Labute approximate surface area is 205 Å². The van der Waals surface area contributed by atoms with Crippen LogP contribution in [0.25, 0.3) is 0 Å². The molecule has 0 aromatic heterocycles. The lowest BCUT2D eigenvalue weighted by Gasteiger charge is -2.43. The number of carbonyl (C=O) groups is 1. The van der Waals surface area contributed by atoms with Gasteiger partial charge in [-0.2, -0.15) is 0 Å². The molecule has 0 fully saturated rings. The van der Waals surface area contributed by atoms with Crippen LogP contribution in [0, 0.1) is 0 Å². The topological polar surface area (TPSA) is 77.0 Å². The second-order valence-corrected chi connectivity index (χ2v) is 14.8. The van der Waals surface area contributed by atoms with Crippen molar-refractivity contribution in [3.05, 3.63) is 60.7 Å². The molecule has 0 aliphatic rings. The van der Waals surface area contributed by atoms with E-state index in [4.69, 9.17) is 13.9 Å². The summed E-state index contributed by atoms with van der Waals surface area (Å²) >= 11 is 0. The van der Waals surface area contributed by atoms with Crippen LogP contribution in [0.2, 0.25) is 5.04 Å². The van der Waals surface area contributed by atoms with Crippen molar-refractivity contribution in [1.29, 1.82) is 0 Å². The smallest absolute Gasteiger partial charge is 0.408 e. The highest BCUT2D eigenvalue weighted by molar-refractivity contribution is 6.99. The molecular formula is C27H41NO5Si. The minimum atomic E-state index is -2.55. The molecule has 188 valence electrons. The quantitative estimate of drug-likeness (QED) is 0.372. The van der Waals surface area contributed by atoms with Gasteiger partial charge in [0.2, 0.25) is 0 Å². The van der Waals surface area contributed by atoms with Crippen molar-refractivity contribution in [1.82, 2.24) is 5.32 Å². The van der Waals surface area contributed by atoms with Gasteiger partial charge in [-0.1, -0.05) is 81.4 Å². The maximum absolute atomic E-state index is 11.9. The molecule has 2 N–H and O–H groups in total. The zero-order chi connectivity index (χ0) is 25.2. The minimum Gasteiger partial charge on any atom is -0.444 e. The van der Waals surface area contributed by atoms with Crippen LogP contribution in [-0.4, -0.2) is 57.6 Å². The highest BCUT2D eigenvalue weighted by Gasteiger charge is 2.49. The van der Waals surface area contributed by atoms with Gasteiger partial charge in [-0.15, -0.1) is 0 Å². The lowest BCUT2D eigenvalue weighted by atomic mass is 10.2. The Bertz CT molecular complexity index is 823. The van der Waals surface area contributed by atoms with Crippen molar-refractivity contribution in [2.45, 2.75) is 64.6 Å². The molecule has 34 heavy (non-hydrogen) atoms. The monoisotopic (exact) mass is 487 g/mol. The van der Waals surface area contributed by atoms with E-state index in [1.807, 2.05) is 12.1 Å². The largest absolute Gasteiger partial charge is 0.444 e. The third-order valence-electron chi connectivity index (χ3n) is 5.43. The second kappa shape index (κ2) is 12.5. The van der Waals surface area contributed by atoms with Gasteiger partial charge in [-0.25, -0.2) is 4.79 Å². The molecule has 1 amide bonds. The van der Waals surface area contributed by atoms with E-state index in [2.05, 4.69) is 74.6 Å². The van der Waals surface area contributed by atoms with Crippen molar-refractivity contribution in [2.75, 3.05) is 26.4 Å². The Hall–Kier alpha value is -2.19. The number of alkyl carbamates (subject to hydrolysis) is 1. The number of amides is 1. The van der Waals surface area contributed by atoms with Crippen LogP contribution in [0.15, 0.2) is 60.7 Å². The normalized spacial score (nSPS) is 13.4. The summed E-state index contributed by atoms with van der Waals surface area (Å²) in [7, 11) is -2.55. The van der Waals surface area contributed by atoms with Gasteiger partial charge in [0.05, 0.1) is 19.3 Å². The molecule has 2 aromatic carbocycles. The average molecular weight is 488 g/mol. The minimum absolute atomic E-state index is 0.0735. The Kier molecular flexibility index (Phi) is 10.3. The summed E-state index contributed by atoms with van der Waals surface area (Å²) in [4.78, 5) is 11.9. The lowest BCUT2D eigenvalue weighted by molar-refractivity contribution is 0.0375. The molecule has 0 heterocycles. The van der Waals surface area contributed by atoms with Crippen LogP contribution in [-0.2, 0) is 13.9 Å². The standard InChI is InChI=1S/C27H41NO5Si/c1-26(2,3)33-25(30)28-22(20-29)21-31-18-13-19-32-34(27(4,5)6,23-14-9-7-10-15-23)24-16-11-8-12-17-24/h7-12,14-17,22,29H,13,18-21H2,1-6H3,(H,28,30)/t22-/m0/s1. The second-order valence-electron chi connectivity index (χ2n) is 10.5. The fraction of sp³-hybridized carbons (Fsp3) is 0.519. The summed E-state index contributed by atoms with van der Waals surface area (Å²) in [5.41, 5.74) is -0.594. The van der Waals surface area contributed by atoms with Gasteiger partial charge < -0.3 is 24.3 Å². The van der Waals surface area contributed by atoms with Gasteiger partial charge in [0.15, 0.2) is 0 Å². The van der Waals surface area contributed by atoms with Gasteiger partial charge >= 0.3 is 6.09 Å². The van der Waals surface area contributed by atoms with Crippen LogP contribution in [0.1, 0.15) is 48.0 Å². The van der Waals surface area contributed by atoms with E-state index in [9.17, 15) is 9.90 Å². The van der Waals surface area contributed by atoms with E-state index in [0.29, 0.717) is 19.6 Å². The molecule has 7 heteroatoms. The Balaban J connectivity index is 1.99. The third-order valence-corrected chi connectivity index (χ3v) is 10.5. The molecule has 0 spiro atoms. The molecule has 0 aliphatic heterocycles. The molecule has 2 aromatic rings. The number of ether oxygens (including phenoxy) is 2. The van der Waals surface area contributed by atoms with E-state index in [-0.39, 0.29) is 18.3 Å². The van der Waals surface area contributed by atoms with Crippen LogP contribution in [0.5, 0.6) is 0 Å². The number of rotatable bonds is 11. The van der Waals surface area contributed by atoms with Crippen molar-refractivity contribution in [3.63, 3.8) is 0 Å². The number of hydrogen-bond acceptors (Lipinski definition) is 5. The van der Waals surface area contributed by atoms with E-state index in [1.165, 1.54) is 10.4 Å². The number of carbonyl (C=O) groups excluding carboxylic acids is 1. The summed E-state index contributed by atoms with van der Waals surface area (Å²) in [6.45, 7) is 13.1. The molecule has 0 bridgehead atoms. The zero-order valence-corrected chi connectivity index (χ0v) is 22.5. The Morgan fingerprint density at radius 1 is 0.912 bits per heavy atom. The van der Waals surface area contributed by atoms with E-state index in [1.54, 1.807) is 20.8 Å². The lowest BCUT2D eigenvalue weighted by Crippen LogP contribution is -2.66. The number of hydrogen-bond donors (Lipinski definition) is 2. The first kappa shape index (κ1) is 28.0. The number of aliphatic hydroxyl groups excluding tert-OH is 1. The molecule has 0 aliphatic carbocycles. The summed E-state index contributed by atoms with van der Waals surface area (Å²) in [5.74, 6) is 0. The maximum atomic E-state index is 11.9. The summed E-state index contributed by atoms with van der Waals surface area (Å²) in [5, 5.41) is 14.6. The highest BCUT2D eigenvalue weighted by atomic mass is 28.4. The Morgan fingerprint density at radius 2 is 1.44 bits per heavy atom. The van der Waals surface area contributed by atoms with Gasteiger partial charge in [0, 0.05) is 13.2 Å². The van der Waals surface area contributed by atoms with Crippen molar-refractivity contribution in [3.8, 4) is 0 Å². The third kappa shape index (κ3) is 7.94. The van der Waals surface area contributed by atoms with Gasteiger partial charge in [0.25, 0.3) is 8.32 Å². The van der Waals surface area contributed by atoms with Crippen LogP contribution in [0.3, 0.4) is 0 Å². The first-order chi connectivity index (χ1) is 16.0. The predicted octanol–water partition coefficient (Wildman–Crippen LogP) is 3.86. The van der Waals surface area contributed by atoms with Crippen molar-refractivity contribution in [2.24, 2.45) is 0 Å². The maximum Gasteiger partial charge on any atom is 0.408 e. The van der Waals surface area contributed by atoms with E-state index in [0.717, 1.165) is 0 Å². The molecule has 0 unspecified atom stereocenters. The molecule has 0 radical (unpaired) electrons. The highest BCUT2D eigenvalue weighted by Crippen LogP contribution is 2.36. The van der Waals surface area contributed by atoms with Gasteiger partial charge in [-0.3, -0.25) is 0 Å². The SMILES string of the molecule is CC(C)(C)OC(=O)N[C@@H](CO)COCCCO[Si](c1ccccc1)(c1ccccc1)C(C)(C)C. The van der Waals surface area contributed by atoms with Crippen LogP contribution in [0.4, 0.5) is 4.79 Å². The average Bonchev–Trinajstić information content (AvgIpc) is 2.77. The first-order valence-electron chi connectivity index (χ1n) is 11.9. The predicted molar refractivity (Wildman–Crippen MR) is 139 cm³/mol. The number of nitrogens with one attached hydrogen (secondary N) is 1. The molecule has 0 saturated heterocycles. The molecule has 0 saturated carbocycles.